The second kappa shape index (κ2) is 11.5. The summed E-state index contributed by atoms with van der Waals surface area (Å²) in [6.45, 7) is 6.57. The lowest BCUT2D eigenvalue weighted by Crippen LogP contribution is -2.54. The molecule has 1 unspecified atom stereocenters. The number of anilines is 1. The van der Waals surface area contributed by atoms with Gasteiger partial charge in [-0.2, -0.15) is 0 Å². The molecule has 1 aliphatic rings. The number of carbonyl (C=O) groups excluding carboxylic acids is 3. The number of benzene rings is 2. The van der Waals surface area contributed by atoms with E-state index in [0.717, 1.165) is 5.56 Å². The molecular formula is C27H34N2O9. The molecule has 1 aliphatic heterocycles. The Morgan fingerprint density at radius 3 is 2.03 bits per heavy atom. The van der Waals surface area contributed by atoms with Crippen LogP contribution in [0.4, 0.5) is 10.5 Å². The molecule has 0 spiro atoms. The van der Waals surface area contributed by atoms with E-state index in [-0.39, 0.29) is 23.6 Å². The number of rotatable bonds is 9. The van der Waals surface area contributed by atoms with Crippen molar-refractivity contribution in [3.05, 3.63) is 35.9 Å². The summed E-state index contributed by atoms with van der Waals surface area (Å²) in [6.07, 6.45) is -0.738. The molecule has 2 atom stereocenters. The summed E-state index contributed by atoms with van der Waals surface area (Å²) >= 11 is 0. The minimum atomic E-state index is -0.738. The number of β-lactam (4-membered cyclic amide) rings is 1. The number of hydrogen-bond donors (Lipinski definition) is 1. The number of hydrogen-bond acceptors (Lipinski definition) is 9. The number of carbonyl (C=O) groups is 3. The molecule has 0 bridgehead atoms. The lowest BCUT2D eigenvalue weighted by Gasteiger charge is -2.46. The molecule has 38 heavy (non-hydrogen) atoms. The molecule has 1 fully saturated rings. The highest BCUT2D eigenvalue weighted by molar-refractivity contribution is 6.03. The van der Waals surface area contributed by atoms with E-state index < -0.39 is 24.2 Å². The van der Waals surface area contributed by atoms with Crippen molar-refractivity contribution < 1.29 is 42.8 Å². The number of alkyl carbamates (subject to hydrolysis) is 1. The Balaban J connectivity index is 1.86. The second-order valence-corrected chi connectivity index (χ2v) is 9.57. The Bertz CT molecular complexity index is 1180. The number of nitrogens with zero attached hydrogens (tertiary/aromatic N) is 1. The van der Waals surface area contributed by atoms with Gasteiger partial charge in [0, 0.05) is 12.1 Å². The van der Waals surface area contributed by atoms with Crippen LogP contribution in [0.3, 0.4) is 0 Å². The highest BCUT2D eigenvalue weighted by Gasteiger charge is 2.46. The maximum atomic E-state index is 13.0. The zero-order valence-corrected chi connectivity index (χ0v) is 22.9. The van der Waals surface area contributed by atoms with Crippen molar-refractivity contribution in [1.29, 1.82) is 0 Å². The maximum absolute atomic E-state index is 13.0. The van der Waals surface area contributed by atoms with Crippen LogP contribution < -0.4 is 33.9 Å². The average molecular weight is 531 g/mol. The molecule has 3 rings (SSSR count). The fourth-order valence-corrected chi connectivity index (χ4v) is 4.14. The molecule has 11 heteroatoms. The van der Waals surface area contributed by atoms with Gasteiger partial charge >= 0.3 is 12.1 Å². The van der Waals surface area contributed by atoms with E-state index in [2.05, 4.69) is 5.32 Å². The van der Waals surface area contributed by atoms with Crippen molar-refractivity contribution in [3.8, 4) is 28.7 Å². The Kier molecular flexibility index (Phi) is 8.60. The van der Waals surface area contributed by atoms with E-state index in [1.807, 2.05) is 6.92 Å². The van der Waals surface area contributed by atoms with Gasteiger partial charge in [0.05, 0.1) is 46.1 Å². The van der Waals surface area contributed by atoms with Gasteiger partial charge in [0.1, 0.15) is 12.1 Å². The number of esters is 1. The molecule has 0 aromatic heterocycles. The fraction of sp³-hybridized carbons (Fsp3) is 0.444. The van der Waals surface area contributed by atoms with Crippen molar-refractivity contribution >= 4 is 23.7 Å². The SMILES string of the molecule is COc1ccc([C@H]2C(C)C(=O)N2c2cc(OC)c(OC)c(OC)c2)cc1OC(=O)CNC(=O)OC(C)(C)C. The minimum Gasteiger partial charge on any atom is -0.493 e. The van der Waals surface area contributed by atoms with Gasteiger partial charge in [-0.25, -0.2) is 9.59 Å². The van der Waals surface area contributed by atoms with E-state index in [1.165, 1.54) is 28.4 Å². The molecule has 1 saturated heterocycles. The van der Waals surface area contributed by atoms with Crippen LogP contribution in [0.25, 0.3) is 0 Å². The Morgan fingerprint density at radius 2 is 1.50 bits per heavy atom. The highest BCUT2D eigenvalue weighted by atomic mass is 16.6. The topological polar surface area (TPSA) is 122 Å². The van der Waals surface area contributed by atoms with Gasteiger partial charge in [-0.1, -0.05) is 13.0 Å². The van der Waals surface area contributed by atoms with E-state index in [4.69, 9.17) is 28.4 Å². The van der Waals surface area contributed by atoms with Gasteiger partial charge in [0.25, 0.3) is 0 Å². The van der Waals surface area contributed by atoms with Crippen LogP contribution in [-0.4, -0.2) is 58.6 Å². The summed E-state index contributed by atoms with van der Waals surface area (Å²) in [4.78, 5) is 38.9. The van der Waals surface area contributed by atoms with Crippen LogP contribution in [0.5, 0.6) is 28.7 Å². The lowest BCUT2D eigenvalue weighted by atomic mass is 9.83. The lowest BCUT2D eigenvalue weighted by molar-refractivity contribution is -0.133. The summed E-state index contributed by atoms with van der Waals surface area (Å²) in [7, 11) is 5.95. The van der Waals surface area contributed by atoms with Crippen molar-refractivity contribution in [2.45, 2.75) is 39.3 Å². The Labute approximate surface area is 221 Å². The van der Waals surface area contributed by atoms with Crippen LogP contribution in [0.1, 0.15) is 39.3 Å². The van der Waals surface area contributed by atoms with E-state index in [0.29, 0.717) is 28.7 Å². The summed E-state index contributed by atoms with van der Waals surface area (Å²) < 4.78 is 32.3. The van der Waals surface area contributed by atoms with E-state index >= 15 is 0 Å². The summed E-state index contributed by atoms with van der Waals surface area (Å²) in [5.74, 6) is 0.541. The third-order valence-corrected chi connectivity index (χ3v) is 5.84. The third kappa shape index (κ3) is 6.04. The van der Waals surface area contributed by atoms with Gasteiger partial charge in [0.2, 0.25) is 11.7 Å². The largest absolute Gasteiger partial charge is 0.493 e. The third-order valence-electron chi connectivity index (χ3n) is 5.84. The minimum absolute atomic E-state index is 0.0970. The first-order chi connectivity index (χ1) is 17.9. The zero-order chi connectivity index (χ0) is 28.2. The average Bonchev–Trinajstić information content (AvgIpc) is 2.88. The molecule has 1 N–H and O–H groups in total. The highest BCUT2D eigenvalue weighted by Crippen LogP contribution is 2.49. The Morgan fingerprint density at radius 1 is 0.895 bits per heavy atom. The van der Waals surface area contributed by atoms with Gasteiger partial charge in [0.15, 0.2) is 23.0 Å². The monoisotopic (exact) mass is 530 g/mol. The summed E-state index contributed by atoms with van der Waals surface area (Å²) in [5, 5.41) is 2.37. The number of amides is 2. The zero-order valence-electron chi connectivity index (χ0n) is 22.9. The van der Waals surface area contributed by atoms with Crippen molar-refractivity contribution in [1.82, 2.24) is 5.32 Å². The molecular weight excluding hydrogens is 496 g/mol. The van der Waals surface area contributed by atoms with Crippen molar-refractivity contribution in [2.75, 3.05) is 39.9 Å². The van der Waals surface area contributed by atoms with Crippen LogP contribution >= 0.6 is 0 Å². The van der Waals surface area contributed by atoms with Crippen molar-refractivity contribution in [3.63, 3.8) is 0 Å². The standard InChI is InChI=1S/C27H34N2O9/c1-15-23(29(25(15)31)17-12-20(34-6)24(36-8)21(13-17)35-7)16-9-10-18(33-5)19(11-16)37-22(30)14-28-26(32)38-27(2,3)4/h9-13,15,23H,14H2,1-8H3,(H,28,32)/t15?,23-/m1/s1. The van der Waals surface area contributed by atoms with Crippen LogP contribution in [0.15, 0.2) is 30.3 Å². The quantitative estimate of drug-likeness (QED) is 0.292. The molecule has 11 nitrogen and oxygen atoms in total. The van der Waals surface area contributed by atoms with Gasteiger partial charge in [-0.05, 0) is 38.5 Å². The molecule has 2 aromatic rings. The molecule has 0 radical (unpaired) electrons. The maximum Gasteiger partial charge on any atom is 0.408 e. The molecule has 2 amide bonds. The smallest absolute Gasteiger partial charge is 0.408 e. The molecule has 2 aromatic carbocycles. The first kappa shape index (κ1) is 28.4. The summed E-state index contributed by atoms with van der Waals surface area (Å²) in [5.41, 5.74) is 0.574. The van der Waals surface area contributed by atoms with Gasteiger partial charge in [-0.3, -0.25) is 4.79 Å². The molecule has 1 heterocycles. The molecule has 0 saturated carbocycles. The van der Waals surface area contributed by atoms with Crippen LogP contribution in [0.2, 0.25) is 0 Å². The molecule has 206 valence electrons. The normalized spacial score (nSPS) is 16.7. The van der Waals surface area contributed by atoms with E-state index in [9.17, 15) is 14.4 Å². The Hall–Kier alpha value is -4.15. The van der Waals surface area contributed by atoms with Gasteiger partial charge in [-0.15, -0.1) is 0 Å². The number of ether oxygens (including phenoxy) is 6. The number of methoxy groups -OCH3 is 4. The molecule has 0 aliphatic carbocycles. The van der Waals surface area contributed by atoms with Crippen LogP contribution in [-0.2, 0) is 14.3 Å². The van der Waals surface area contributed by atoms with Crippen molar-refractivity contribution in [2.24, 2.45) is 5.92 Å². The predicted octanol–water partition coefficient (Wildman–Crippen LogP) is 3.88. The van der Waals surface area contributed by atoms with Gasteiger partial charge < -0.3 is 38.6 Å². The first-order valence-electron chi connectivity index (χ1n) is 11.9. The fourth-order valence-electron chi connectivity index (χ4n) is 4.14. The second-order valence-electron chi connectivity index (χ2n) is 9.57. The summed E-state index contributed by atoms with van der Waals surface area (Å²) in [6, 6.07) is 8.13. The van der Waals surface area contributed by atoms with Crippen LogP contribution in [0, 0.1) is 5.92 Å². The first-order valence-corrected chi connectivity index (χ1v) is 11.9. The number of nitrogens with one attached hydrogen (secondary N) is 1. The predicted molar refractivity (Wildman–Crippen MR) is 138 cm³/mol. The van der Waals surface area contributed by atoms with E-state index in [1.54, 1.807) is 56.0 Å².